The van der Waals surface area contributed by atoms with Crippen LogP contribution in [-0.4, -0.2) is 6.04 Å². The number of rotatable bonds is 6. The Morgan fingerprint density at radius 2 is 1.60 bits per heavy atom. The Hall–Kier alpha value is -1.32. The Kier molecular flexibility index (Phi) is 4.38. The molecule has 0 aromatic heterocycles. The molecule has 3 heteroatoms. The van der Waals surface area contributed by atoms with E-state index in [2.05, 4.69) is 45.5 Å². The second-order valence-corrected chi connectivity index (χ2v) is 6.13. The summed E-state index contributed by atoms with van der Waals surface area (Å²) < 4.78 is 6.88. The molecule has 0 unspecified atom stereocenters. The third kappa shape index (κ3) is 4.09. The van der Waals surface area contributed by atoms with Gasteiger partial charge in [-0.15, -0.1) is 0 Å². The molecule has 20 heavy (non-hydrogen) atoms. The van der Waals surface area contributed by atoms with Crippen LogP contribution in [0, 0.1) is 0 Å². The largest absolute Gasteiger partial charge is 0.489 e. The van der Waals surface area contributed by atoms with Crippen LogP contribution in [0.25, 0.3) is 0 Å². The van der Waals surface area contributed by atoms with Gasteiger partial charge in [0.15, 0.2) is 0 Å². The van der Waals surface area contributed by atoms with E-state index >= 15 is 0 Å². The molecule has 1 aliphatic rings. The SMILES string of the molecule is Brc1ccc(COc2ccc(CNC3CC3)cc2)cc1. The van der Waals surface area contributed by atoms with Gasteiger partial charge < -0.3 is 10.1 Å². The first kappa shape index (κ1) is 13.7. The summed E-state index contributed by atoms with van der Waals surface area (Å²) in [6, 6.07) is 17.3. The van der Waals surface area contributed by atoms with Crippen LogP contribution in [-0.2, 0) is 13.2 Å². The smallest absolute Gasteiger partial charge is 0.119 e. The molecular formula is C17H18BrNO. The molecule has 0 bridgehead atoms. The number of hydrogen-bond acceptors (Lipinski definition) is 2. The quantitative estimate of drug-likeness (QED) is 0.852. The van der Waals surface area contributed by atoms with Gasteiger partial charge in [-0.1, -0.05) is 40.2 Å². The van der Waals surface area contributed by atoms with E-state index in [0.29, 0.717) is 6.61 Å². The highest BCUT2D eigenvalue weighted by atomic mass is 79.9. The van der Waals surface area contributed by atoms with Crippen LogP contribution < -0.4 is 10.1 Å². The minimum absolute atomic E-state index is 0.604. The molecule has 2 aromatic carbocycles. The van der Waals surface area contributed by atoms with Gasteiger partial charge in [0.25, 0.3) is 0 Å². The number of nitrogens with one attached hydrogen (secondary N) is 1. The summed E-state index contributed by atoms with van der Waals surface area (Å²) in [5, 5.41) is 3.51. The van der Waals surface area contributed by atoms with E-state index in [-0.39, 0.29) is 0 Å². The molecule has 3 rings (SSSR count). The highest BCUT2D eigenvalue weighted by molar-refractivity contribution is 9.10. The molecule has 2 aromatic rings. The Morgan fingerprint density at radius 1 is 0.950 bits per heavy atom. The molecule has 0 spiro atoms. The van der Waals surface area contributed by atoms with Crippen LogP contribution in [0.15, 0.2) is 53.0 Å². The number of benzene rings is 2. The van der Waals surface area contributed by atoms with Crippen molar-refractivity contribution in [2.75, 3.05) is 0 Å². The fraction of sp³-hybridized carbons (Fsp3) is 0.294. The highest BCUT2D eigenvalue weighted by Gasteiger charge is 2.19. The third-order valence-corrected chi connectivity index (χ3v) is 3.94. The van der Waals surface area contributed by atoms with Crippen LogP contribution in [0.2, 0.25) is 0 Å². The summed E-state index contributed by atoms with van der Waals surface area (Å²) in [6.45, 7) is 1.56. The summed E-state index contributed by atoms with van der Waals surface area (Å²) in [5.74, 6) is 0.920. The molecule has 0 atom stereocenters. The van der Waals surface area contributed by atoms with Gasteiger partial charge in [-0.05, 0) is 48.2 Å². The van der Waals surface area contributed by atoms with Crippen molar-refractivity contribution in [2.24, 2.45) is 0 Å². The van der Waals surface area contributed by atoms with E-state index in [0.717, 1.165) is 22.8 Å². The van der Waals surface area contributed by atoms with E-state index in [1.807, 2.05) is 24.3 Å². The average molecular weight is 332 g/mol. The topological polar surface area (TPSA) is 21.3 Å². The molecule has 0 amide bonds. The van der Waals surface area contributed by atoms with E-state index in [9.17, 15) is 0 Å². The monoisotopic (exact) mass is 331 g/mol. The minimum Gasteiger partial charge on any atom is -0.489 e. The molecule has 1 N–H and O–H groups in total. The van der Waals surface area contributed by atoms with Gasteiger partial charge in [-0.3, -0.25) is 0 Å². The lowest BCUT2D eigenvalue weighted by molar-refractivity contribution is 0.306. The van der Waals surface area contributed by atoms with Gasteiger partial charge >= 0.3 is 0 Å². The summed E-state index contributed by atoms with van der Waals surface area (Å²) in [4.78, 5) is 0. The van der Waals surface area contributed by atoms with Crippen molar-refractivity contribution in [1.29, 1.82) is 0 Å². The molecule has 1 fully saturated rings. The second kappa shape index (κ2) is 6.42. The lowest BCUT2D eigenvalue weighted by atomic mass is 10.2. The lowest BCUT2D eigenvalue weighted by Crippen LogP contribution is -2.15. The van der Waals surface area contributed by atoms with Crippen molar-refractivity contribution in [3.8, 4) is 5.75 Å². The van der Waals surface area contributed by atoms with Crippen molar-refractivity contribution in [3.05, 3.63) is 64.1 Å². The van der Waals surface area contributed by atoms with Gasteiger partial charge in [-0.2, -0.15) is 0 Å². The first-order valence-electron chi connectivity index (χ1n) is 6.99. The molecule has 2 nitrogen and oxygen atoms in total. The predicted octanol–water partition coefficient (Wildman–Crippen LogP) is 4.28. The Labute approximate surface area is 128 Å². The molecule has 104 valence electrons. The fourth-order valence-electron chi connectivity index (χ4n) is 2.00. The number of hydrogen-bond donors (Lipinski definition) is 1. The lowest BCUT2D eigenvalue weighted by Gasteiger charge is -2.08. The zero-order chi connectivity index (χ0) is 13.8. The maximum absolute atomic E-state index is 5.79. The van der Waals surface area contributed by atoms with E-state index in [1.165, 1.54) is 24.0 Å². The predicted molar refractivity (Wildman–Crippen MR) is 84.8 cm³/mol. The van der Waals surface area contributed by atoms with E-state index in [1.54, 1.807) is 0 Å². The normalized spacial score (nSPS) is 14.2. The Morgan fingerprint density at radius 3 is 2.25 bits per heavy atom. The molecule has 0 saturated heterocycles. The Bertz CT molecular complexity index is 546. The standard InChI is InChI=1S/C17H18BrNO/c18-15-5-1-14(2-6-15)12-20-17-9-3-13(4-10-17)11-19-16-7-8-16/h1-6,9-10,16,19H,7-8,11-12H2. The summed E-state index contributed by atoms with van der Waals surface area (Å²) in [6.07, 6.45) is 2.66. The molecule has 0 radical (unpaired) electrons. The van der Waals surface area contributed by atoms with Crippen LogP contribution in [0.5, 0.6) is 5.75 Å². The maximum Gasteiger partial charge on any atom is 0.119 e. The molecule has 1 aliphatic carbocycles. The van der Waals surface area contributed by atoms with Crippen LogP contribution in [0.3, 0.4) is 0 Å². The van der Waals surface area contributed by atoms with Gasteiger partial charge in [-0.25, -0.2) is 0 Å². The van der Waals surface area contributed by atoms with Crippen LogP contribution in [0.1, 0.15) is 24.0 Å². The first-order valence-corrected chi connectivity index (χ1v) is 7.78. The number of ether oxygens (including phenoxy) is 1. The van der Waals surface area contributed by atoms with E-state index < -0.39 is 0 Å². The first-order chi connectivity index (χ1) is 9.79. The summed E-state index contributed by atoms with van der Waals surface area (Å²) in [5.41, 5.74) is 2.49. The van der Waals surface area contributed by atoms with Gasteiger partial charge in [0.05, 0.1) is 0 Å². The molecule has 0 aliphatic heterocycles. The number of halogens is 1. The summed E-state index contributed by atoms with van der Waals surface area (Å²) >= 11 is 3.43. The third-order valence-electron chi connectivity index (χ3n) is 3.41. The maximum atomic E-state index is 5.79. The highest BCUT2D eigenvalue weighted by Crippen LogP contribution is 2.20. The van der Waals surface area contributed by atoms with Crippen LogP contribution in [0.4, 0.5) is 0 Å². The molecule has 1 saturated carbocycles. The van der Waals surface area contributed by atoms with Crippen molar-refractivity contribution in [2.45, 2.75) is 32.0 Å². The molecular weight excluding hydrogens is 314 g/mol. The van der Waals surface area contributed by atoms with Gasteiger partial charge in [0, 0.05) is 17.1 Å². The van der Waals surface area contributed by atoms with Crippen LogP contribution >= 0.6 is 15.9 Å². The van der Waals surface area contributed by atoms with E-state index in [4.69, 9.17) is 4.74 Å². The van der Waals surface area contributed by atoms with Crippen molar-refractivity contribution in [1.82, 2.24) is 5.32 Å². The molecule has 0 heterocycles. The average Bonchev–Trinajstić information content (AvgIpc) is 3.30. The van der Waals surface area contributed by atoms with Gasteiger partial charge in [0.2, 0.25) is 0 Å². The second-order valence-electron chi connectivity index (χ2n) is 5.21. The fourth-order valence-corrected chi connectivity index (χ4v) is 2.26. The van der Waals surface area contributed by atoms with Crippen molar-refractivity contribution in [3.63, 3.8) is 0 Å². The van der Waals surface area contributed by atoms with Crippen molar-refractivity contribution < 1.29 is 4.74 Å². The minimum atomic E-state index is 0.604. The van der Waals surface area contributed by atoms with Gasteiger partial charge in [0.1, 0.15) is 12.4 Å². The Balaban J connectivity index is 1.50. The summed E-state index contributed by atoms with van der Waals surface area (Å²) in [7, 11) is 0. The zero-order valence-corrected chi connectivity index (χ0v) is 12.9. The van der Waals surface area contributed by atoms with Crippen molar-refractivity contribution >= 4 is 15.9 Å². The zero-order valence-electron chi connectivity index (χ0n) is 11.3.